The number of guanidine groups is 1. The van der Waals surface area contributed by atoms with Crippen molar-refractivity contribution in [2.75, 3.05) is 11.1 Å². The van der Waals surface area contributed by atoms with Crippen molar-refractivity contribution in [1.82, 2.24) is 10.3 Å². The third-order valence-electron chi connectivity index (χ3n) is 3.85. The van der Waals surface area contributed by atoms with E-state index in [4.69, 9.17) is 5.73 Å². The quantitative estimate of drug-likeness (QED) is 0.321. The van der Waals surface area contributed by atoms with Crippen molar-refractivity contribution < 1.29 is 26.7 Å². The maximum Gasteiger partial charge on any atom is 0.416 e. The largest absolute Gasteiger partial charge is 0.416 e. The molecule has 0 atom stereocenters. The van der Waals surface area contributed by atoms with E-state index in [2.05, 4.69) is 20.6 Å². The molecule has 0 aliphatic carbocycles. The molecule has 0 fully saturated rings. The van der Waals surface area contributed by atoms with E-state index in [9.17, 15) is 26.7 Å². The van der Waals surface area contributed by atoms with Crippen LogP contribution >= 0.6 is 0 Å². The van der Waals surface area contributed by atoms with E-state index >= 15 is 0 Å². The zero-order valence-corrected chi connectivity index (χ0v) is 15.5. The number of anilines is 2. The highest BCUT2D eigenvalue weighted by Crippen LogP contribution is 2.30. The number of nitrogens with two attached hydrogens (primary N) is 1. The first-order valence-corrected chi connectivity index (χ1v) is 8.64. The van der Waals surface area contributed by atoms with Gasteiger partial charge in [-0.2, -0.15) is 18.2 Å². The molecular weight excluding hydrogens is 421 g/mol. The fraction of sp³-hybridized carbons (Fsp3) is 0.0500. The van der Waals surface area contributed by atoms with E-state index < -0.39 is 29.3 Å². The number of aromatic nitrogens is 1. The molecule has 3 aromatic rings. The lowest BCUT2D eigenvalue weighted by Gasteiger charge is -2.13. The summed E-state index contributed by atoms with van der Waals surface area (Å²) in [4.78, 5) is 20.4. The van der Waals surface area contributed by atoms with Crippen molar-refractivity contribution in [1.29, 1.82) is 0 Å². The number of halogens is 5. The number of hydrogen-bond donors (Lipinski definition) is 3. The third-order valence-corrected chi connectivity index (χ3v) is 3.85. The number of benzene rings is 2. The van der Waals surface area contributed by atoms with E-state index in [0.717, 1.165) is 24.3 Å². The van der Waals surface area contributed by atoms with E-state index in [0.29, 0.717) is 6.07 Å². The van der Waals surface area contributed by atoms with Gasteiger partial charge in [-0.25, -0.2) is 13.8 Å². The summed E-state index contributed by atoms with van der Waals surface area (Å²) < 4.78 is 65.5. The van der Waals surface area contributed by atoms with Crippen molar-refractivity contribution in [3.8, 4) is 0 Å². The summed E-state index contributed by atoms with van der Waals surface area (Å²) in [5.74, 6) is -3.43. The molecule has 6 nitrogen and oxygen atoms in total. The molecule has 160 valence electrons. The maximum atomic E-state index is 13.4. The Bertz CT molecular complexity index is 1150. The molecule has 0 aliphatic heterocycles. The molecule has 1 amide bonds. The molecule has 2 aromatic carbocycles. The van der Waals surface area contributed by atoms with Gasteiger partial charge in [-0.1, -0.05) is 12.1 Å². The van der Waals surface area contributed by atoms with Crippen LogP contribution in [0.1, 0.15) is 15.9 Å². The molecule has 0 saturated carbocycles. The molecular formula is C20H14F5N5O. The summed E-state index contributed by atoms with van der Waals surface area (Å²) >= 11 is 0. The van der Waals surface area contributed by atoms with E-state index in [-0.39, 0.29) is 28.8 Å². The van der Waals surface area contributed by atoms with Crippen LogP contribution in [0.3, 0.4) is 0 Å². The monoisotopic (exact) mass is 435 g/mol. The number of nitrogen functional groups attached to an aromatic ring is 1. The molecule has 0 unspecified atom stereocenters. The van der Waals surface area contributed by atoms with Crippen molar-refractivity contribution in [3.63, 3.8) is 0 Å². The lowest BCUT2D eigenvalue weighted by Crippen LogP contribution is -2.36. The number of nitrogens with one attached hydrogen (secondary N) is 2. The number of hydrogen-bond acceptors (Lipinski definition) is 4. The van der Waals surface area contributed by atoms with Gasteiger partial charge in [0.2, 0.25) is 5.96 Å². The molecule has 11 heteroatoms. The molecule has 3 rings (SSSR count). The van der Waals surface area contributed by atoms with Gasteiger partial charge in [0, 0.05) is 11.3 Å². The molecule has 0 bridgehead atoms. The lowest BCUT2D eigenvalue weighted by molar-refractivity contribution is -0.137. The van der Waals surface area contributed by atoms with E-state index in [1.807, 2.05) is 0 Å². The molecule has 31 heavy (non-hydrogen) atoms. The van der Waals surface area contributed by atoms with Crippen LogP contribution in [0.15, 0.2) is 65.7 Å². The fourth-order valence-electron chi connectivity index (χ4n) is 2.43. The highest BCUT2D eigenvalue weighted by atomic mass is 19.4. The Morgan fingerprint density at radius 2 is 1.71 bits per heavy atom. The Hall–Kier alpha value is -4.02. The zero-order valence-electron chi connectivity index (χ0n) is 15.5. The lowest BCUT2D eigenvalue weighted by atomic mass is 10.2. The van der Waals surface area contributed by atoms with Crippen LogP contribution in [-0.4, -0.2) is 16.9 Å². The van der Waals surface area contributed by atoms with Crippen LogP contribution in [0.4, 0.5) is 39.3 Å². The first kappa shape index (κ1) is 21.7. The summed E-state index contributed by atoms with van der Waals surface area (Å²) in [7, 11) is 0. The van der Waals surface area contributed by atoms with Gasteiger partial charge in [0.1, 0.15) is 5.82 Å². The summed E-state index contributed by atoms with van der Waals surface area (Å²) in [6, 6.07) is 11.1. The van der Waals surface area contributed by atoms with E-state index in [1.165, 1.54) is 30.3 Å². The fourth-order valence-corrected chi connectivity index (χ4v) is 2.43. The van der Waals surface area contributed by atoms with Crippen LogP contribution in [0.25, 0.3) is 0 Å². The number of carbonyl (C=O) groups is 1. The van der Waals surface area contributed by atoms with Gasteiger partial charge in [0.05, 0.1) is 5.56 Å². The second kappa shape index (κ2) is 8.78. The number of aliphatic imine (C=N–C) groups is 1. The van der Waals surface area contributed by atoms with Crippen molar-refractivity contribution in [3.05, 3.63) is 83.4 Å². The summed E-state index contributed by atoms with van der Waals surface area (Å²) in [5, 5.41) is 4.86. The van der Waals surface area contributed by atoms with Crippen LogP contribution < -0.4 is 16.4 Å². The predicted molar refractivity (Wildman–Crippen MR) is 105 cm³/mol. The number of alkyl halides is 3. The minimum atomic E-state index is -4.58. The zero-order chi connectivity index (χ0) is 22.6. The SMILES string of the molecule is Nc1cccc(/N=C(/NC(=O)c2ccc(F)c(F)c2)Nc2cccc(C(F)(F)F)c2)n1. The maximum absolute atomic E-state index is 13.4. The van der Waals surface area contributed by atoms with Crippen molar-refractivity contribution in [2.45, 2.75) is 6.18 Å². The van der Waals surface area contributed by atoms with Gasteiger partial charge in [-0.05, 0) is 48.5 Å². The first-order valence-electron chi connectivity index (χ1n) is 8.64. The van der Waals surface area contributed by atoms with Gasteiger partial charge in [0.25, 0.3) is 5.91 Å². The number of pyridine rings is 1. The van der Waals surface area contributed by atoms with Gasteiger partial charge in [0.15, 0.2) is 17.5 Å². The number of amides is 1. The average molecular weight is 435 g/mol. The normalized spacial score (nSPS) is 11.8. The molecule has 1 aromatic heterocycles. The standard InChI is InChI=1S/C20H14F5N5O/c21-14-8-7-11(9-15(14)22)18(31)30-19(29-17-6-2-5-16(26)28-17)27-13-4-1-3-12(10-13)20(23,24)25/h1-10H,(H4,26,27,28,29,30,31). The summed E-state index contributed by atoms with van der Waals surface area (Å²) in [6.07, 6.45) is -4.58. The summed E-state index contributed by atoms with van der Waals surface area (Å²) in [5.41, 5.74) is 4.39. The smallest absolute Gasteiger partial charge is 0.384 e. The predicted octanol–water partition coefficient (Wildman–Crippen LogP) is 4.49. The second-order valence-corrected chi connectivity index (χ2v) is 6.17. The molecule has 4 N–H and O–H groups in total. The van der Waals surface area contributed by atoms with Crippen LogP contribution in [0, 0.1) is 11.6 Å². The van der Waals surface area contributed by atoms with Gasteiger partial charge < -0.3 is 11.1 Å². The van der Waals surface area contributed by atoms with Crippen molar-refractivity contribution in [2.24, 2.45) is 4.99 Å². The molecule has 1 heterocycles. The highest BCUT2D eigenvalue weighted by Gasteiger charge is 2.30. The summed E-state index contributed by atoms with van der Waals surface area (Å²) in [6.45, 7) is 0. The Morgan fingerprint density at radius 3 is 2.39 bits per heavy atom. The van der Waals surface area contributed by atoms with Gasteiger partial charge in [-0.15, -0.1) is 0 Å². The first-order chi connectivity index (χ1) is 14.6. The van der Waals surface area contributed by atoms with Gasteiger partial charge in [-0.3, -0.25) is 10.1 Å². The average Bonchev–Trinajstić information content (AvgIpc) is 2.69. The number of rotatable bonds is 3. The molecule has 0 aliphatic rings. The number of carbonyl (C=O) groups excluding carboxylic acids is 1. The third kappa shape index (κ3) is 5.75. The molecule has 0 radical (unpaired) electrons. The Kier molecular flexibility index (Phi) is 6.14. The number of nitrogens with zero attached hydrogens (tertiary/aromatic N) is 2. The Labute approximate surface area is 172 Å². The minimum Gasteiger partial charge on any atom is -0.384 e. The van der Waals surface area contributed by atoms with E-state index in [1.54, 1.807) is 0 Å². The van der Waals surface area contributed by atoms with Crippen LogP contribution in [0.5, 0.6) is 0 Å². The highest BCUT2D eigenvalue weighted by molar-refractivity contribution is 6.10. The van der Waals surface area contributed by atoms with Gasteiger partial charge >= 0.3 is 6.18 Å². The van der Waals surface area contributed by atoms with Crippen LogP contribution in [0.2, 0.25) is 0 Å². The molecule has 0 spiro atoms. The Balaban J connectivity index is 1.93. The topological polar surface area (TPSA) is 92.4 Å². The van der Waals surface area contributed by atoms with Crippen molar-refractivity contribution >= 4 is 29.2 Å². The van der Waals surface area contributed by atoms with Crippen LogP contribution in [-0.2, 0) is 6.18 Å². The minimum absolute atomic E-state index is 0.0388. The molecule has 0 saturated heterocycles. The Morgan fingerprint density at radius 1 is 0.968 bits per heavy atom. The second-order valence-electron chi connectivity index (χ2n) is 6.17.